The van der Waals surface area contributed by atoms with Crippen LogP contribution in [0, 0.1) is 10.8 Å². The molecule has 0 rings (SSSR count). The van der Waals surface area contributed by atoms with E-state index >= 15 is 0 Å². The Labute approximate surface area is 75.0 Å². The van der Waals surface area contributed by atoms with Crippen LogP contribution in [0.2, 0.25) is 0 Å². The molecule has 0 aliphatic heterocycles. The molecular weight excluding hydrogens is 176 g/mol. The largest absolute Gasteiger partial charge is 0.303 e. The summed E-state index contributed by atoms with van der Waals surface area (Å²) in [5.74, 6) is 0. The lowest BCUT2D eigenvalue weighted by molar-refractivity contribution is -0.108. The highest BCUT2D eigenvalue weighted by Crippen LogP contribution is 1.85. The molecule has 0 aromatic heterocycles. The molecule has 2 N–H and O–H groups in total. The Morgan fingerprint density at radius 2 is 1.15 bits per heavy atom. The van der Waals surface area contributed by atoms with E-state index in [0.29, 0.717) is 19.3 Å². The van der Waals surface area contributed by atoms with Crippen LogP contribution < -0.4 is 0 Å². The lowest BCUT2D eigenvalue weighted by atomic mass is 10.3. The first kappa shape index (κ1) is 17.3. The molecule has 0 heterocycles. The van der Waals surface area contributed by atoms with Crippen LogP contribution in [0.25, 0.3) is 0 Å². The molecule has 0 radical (unpaired) electrons. The Morgan fingerprint density at radius 3 is 1.31 bits per heavy atom. The smallest absolute Gasteiger partial charge is 0.231 e. The van der Waals surface area contributed by atoms with Gasteiger partial charge in [-0.2, -0.15) is 0 Å². The molecule has 0 aliphatic carbocycles. The Kier molecular flexibility index (Phi) is 42.7. The molecule has 0 atom stereocenters. The number of unbranched alkanes of at least 4 members (excludes halogenated alkanes) is 2. The van der Waals surface area contributed by atoms with Gasteiger partial charge in [0.2, 0.25) is 12.2 Å². The van der Waals surface area contributed by atoms with E-state index in [1.807, 2.05) is 0 Å². The fourth-order valence-electron chi connectivity index (χ4n) is 0.285. The number of carbonyl (C=O) groups excluding carboxylic acids is 4. The van der Waals surface area contributed by atoms with Gasteiger partial charge in [-0.05, 0) is 6.42 Å². The van der Waals surface area contributed by atoms with E-state index < -0.39 is 0 Å². The van der Waals surface area contributed by atoms with Gasteiger partial charge >= 0.3 is 0 Å². The van der Waals surface area contributed by atoms with Gasteiger partial charge in [-0.25, -0.2) is 20.4 Å². The number of carbonyl (C=O) groups is 2. The van der Waals surface area contributed by atoms with Crippen LogP contribution in [-0.2, 0) is 19.2 Å². The van der Waals surface area contributed by atoms with Gasteiger partial charge in [0.15, 0.2) is 0 Å². The number of isocyanates is 2. The second-order valence-electron chi connectivity index (χ2n) is 1.47. The number of nitrogens with one attached hydrogen (secondary N) is 2. The Hall–Kier alpha value is -1.90. The summed E-state index contributed by atoms with van der Waals surface area (Å²) in [7, 11) is 0. The summed E-state index contributed by atoms with van der Waals surface area (Å²) in [4.78, 5) is 35.8. The van der Waals surface area contributed by atoms with E-state index in [2.05, 4.69) is 0 Å². The van der Waals surface area contributed by atoms with Crippen LogP contribution in [0.1, 0.15) is 19.3 Å². The van der Waals surface area contributed by atoms with E-state index in [1.165, 1.54) is 0 Å². The van der Waals surface area contributed by atoms with E-state index in [0.717, 1.165) is 24.7 Å². The minimum absolute atomic E-state index is 0.513. The van der Waals surface area contributed by atoms with Gasteiger partial charge in [0, 0.05) is 12.8 Å². The molecule has 0 aliphatic rings. The highest BCUT2D eigenvalue weighted by atomic mass is 16.1. The average molecular weight is 186 g/mol. The fourth-order valence-corrected chi connectivity index (χ4v) is 0.285. The van der Waals surface area contributed by atoms with E-state index in [1.54, 1.807) is 0 Å². The molecule has 72 valence electrons. The van der Waals surface area contributed by atoms with Crippen molar-refractivity contribution in [2.45, 2.75) is 19.3 Å². The standard InChI is InChI=1S/C5H8O2.2CHNO/c6-4-2-1-3-5-7;2*2-1-3/h4-5H,1-3H2;2*2H. The van der Waals surface area contributed by atoms with Crippen LogP contribution in [0.15, 0.2) is 0 Å². The number of hydrogen-bond acceptors (Lipinski definition) is 6. The van der Waals surface area contributed by atoms with Gasteiger partial charge in [-0.1, -0.05) is 0 Å². The summed E-state index contributed by atoms with van der Waals surface area (Å²) in [5.41, 5.74) is 0. The van der Waals surface area contributed by atoms with Gasteiger partial charge in [-0.15, -0.1) is 0 Å². The summed E-state index contributed by atoms with van der Waals surface area (Å²) in [5, 5.41) is 10.8. The molecule has 6 heteroatoms. The monoisotopic (exact) mass is 186 g/mol. The second kappa shape index (κ2) is 32.2. The zero-order valence-corrected chi connectivity index (χ0v) is 6.91. The van der Waals surface area contributed by atoms with Crippen molar-refractivity contribution in [3.63, 3.8) is 0 Å². The van der Waals surface area contributed by atoms with Crippen molar-refractivity contribution in [3.05, 3.63) is 0 Å². The predicted octanol–water partition coefficient (Wildman–Crippen LogP) is 0.356. The second-order valence-corrected chi connectivity index (χ2v) is 1.47. The quantitative estimate of drug-likeness (QED) is 0.285. The summed E-state index contributed by atoms with van der Waals surface area (Å²) in [6.07, 6.45) is 4.87. The molecular formula is C7H10N2O4. The van der Waals surface area contributed by atoms with Crippen molar-refractivity contribution in [2.24, 2.45) is 0 Å². The van der Waals surface area contributed by atoms with Gasteiger partial charge in [0.05, 0.1) is 0 Å². The Morgan fingerprint density at radius 1 is 0.923 bits per heavy atom. The molecule has 0 unspecified atom stereocenters. The van der Waals surface area contributed by atoms with Crippen molar-refractivity contribution in [1.29, 1.82) is 10.8 Å². The van der Waals surface area contributed by atoms with Crippen LogP contribution in [0.4, 0.5) is 0 Å². The summed E-state index contributed by atoms with van der Waals surface area (Å²) >= 11 is 0. The number of rotatable bonds is 4. The minimum Gasteiger partial charge on any atom is -0.303 e. The van der Waals surface area contributed by atoms with Crippen molar-refractivity contribution in [1.82, 2.24) is 0 Å². The maximum atomic E-state index is 9.56. The summed E-state index contributed by atoms with van der Waals surface area (Å²) in [6.45, 7) is 0. The average Bonchev–Trinajstić information content (AvgIpc) is 2.08. The van der Waals surface area contributed by atoms with Crippen molar-refractivity contribution in [2.75, 3.05) is 0 Å². The van der Waals surface area contributed by atoms with Crippen molar-refractivity contribution in [3.8, 4) is 0 Å². The molecule has 6 nitrogen and oxygen atoms in total. The van der Waals surface area contributed by atoms with E-state index in [9.17, 15) is 9.59 Å². The molecule has 0 fully saturated rings. The fraction of sp³-hybridized carbons (Fsp3) is 0.429. The highest BCUT2D eigenvalue weighted by Gasteiger charge is 1.80. The van der Waals surface area contributed by atoms with Crippen LogP contribution in [-0.4, -0.2) is 24.7 Å². The van der Waals surface area contributed by atoms with Gasteiger partial charge < -0.3 is 9.59 Å². The van der Waals surface area contributed by atoms with Crippen LogP contribution in [0.5, 0.6) is 0 Å². The predicted molar refractivity (Wildman–Crippen MR) is 42.8 cm³/mol. The van der Waals surface area contributed by atoms with Gasteiger partial charge in [-0.3, -0.25) is 0 Å². The molecule has 0 saturated heterocycles. The first-order valence-corrected chi connectivity index (χ1v) is 3.20. The molecule has 0 amide bonds. The molecule has 0 spiro atoms. The highest BCUT2D eigenvalue weighted by molar-refractivity contribution is 5.52. The van der Waals surface area contributed by atoms with Crippen molar-refractivity contribution >= 4 is 24.7 Å². The van der Waals surface area contributed by atoms with Crippen LogP contribution >= 0.6 is 0 Å². The first-order valence-electron chi connectivity index (χ1n) is 3.20. The molecule has 0 aromatic rings. The molecule has 0 saturated carbocycles. The van der Waals surface area contributed by atoms with Crippen molar-refractivity contribution < 1.29 is 19.2 Å². The van der Waals surface area contributed by atoms with Gasteiger partial charge in [0.1, 0.15) is 12.6 Å². The van der Waals surface area contributed by atoms with Gasteiger partial charge in [0.25, 0.3) is 0 Å². The number of hydrogen-bond donors (Lipinski definition) is 2. The molecule has 13 heavy (non-hydrogen) atoms. The zero-order valence-electron chi connectivity index (χ0n) is 6.91. The lowest BCUT2D eigenvalue weighted by Crippen LogP contribution is -1.76. The maximum absolute atomic E-state index is 9.56. The first-order chi connectivity index (χ1) is 6.24. The third-order valence-corrected chi connectivity index (χ3v) is 0.644. The van der Waals surface area contributed by atoms with E-state index in [4.69, 9.17) is 20.4 Å². The Balaban J connectivity index is -0.000000140. The molecule has 0 bridgehead atoms. The minimum atomic E-state index is 0.513. The summed E-state index contributed by atoms with van der Waals surface area (Å²) < 4.78 is 0. The maximum Gasteiger partial charge on any atom is 0.231 e. The number of aldehydes is 2. The third-order valence-electron chi connectivity index (χ3n) is 0.644. The topological polar surface area (TPSA) is 116 Å². The van der Waals surface area contributed by atoms with Crippen LogP contribution in [0.3, 0.4) is 0 Å². The Bertz CT molecular complexity index is 159. The SMILES string of the molecule is N=C=O.N=C=O.O=CCCCC=O. The summed E-state index contributed by atoms with van der Waals surface area (Å²) in [6, 6.07) is 0. The molecule has 0 aromatic carbocycles. The van der Waals surface area contributed by atoms with E-state index in [-0.39, 0.29) is 0 Å². The lowest BCUT2D eigenvalue weighted by Gasteiger charge is -1.78. The normalized spacial score (nSPS) is 5.54. The third kappa shape index (κ3) is 150. The zero-order chi connectivity index (χ0) is 10.9.